The van der Waals surface area contributed by atoms with Crippen LogP contribution in [0.25, 0.3) is 10.9 Å². The molecule has 1 N–H and O–H groups in total. The molecule has 1 fully saturated rings. The Morgan fingerprint density at radius 2 is 1.93 bits per heavy atom. The molecule has 0 saturated heterocycles. The lowest BCUT2D eigenvalue weighted by atomic mass is 9.82. The van der Waals surface area contributed by atoms with Gasteiger partial charge in [0.05, 0.1) is 14.2 Å². The number of nitrogens with zero attached hydrogens (tertiary/aromatic N) is 1. The highest BCUT2D eigenvalue weighted by Gasteiger charge is 2.55. The van der Waals surface area contributed by atoms with Crippen molar-refractivity contribution >= 4 is 28.4 Å². The van der Waals surface area contributed by atoms with E-state index in [1.807, 2.05) is 29.2 Å². The Bertz CT molecular complexity index is 1130. The van der Waals surface area contributed by atoms with Crippen LogP contribution in [0.1, 0.15) is 42.6 Å². The summed E-state index contributed by atoms with van der Waals surface area (Å²) in [6, 6.07) is 11.4. The first-order valence-corrected chi connectivity index (χ1v) is 10.2. The van der Waals surface area contributed by atoms with Crippen molar-refractivity contribution in [3.63, 3.8) is 0 Å². The number of ether oxygens (including phenoxy) is 2. The summed E-state index contributed by atoms with van der Waals surface area (Å²) in [6.45, 7) is 2.33. The fraction of sp³-hybridized carbons (Fsp3) is 0.348. The van der Waals surface area contributed by atoms with E-state index in [9.17, 15) is 4.79 Å². The summed E-state index contributed by atoms with van der Waals surface area (Å²) in [5.41, 5.74) is 4.27. The van der Waals surface area contributed by atoms with Gasteiger partial charge >= 0.3 is 0 Å². The molecule has 150 valence electrons. The molecule has 2 aliphatic rings. The van der Waals surface area contributed by atoms with Gasteiger partial charge in [-0.3, -0.25) is 4.79 Å². The molecule has 6 heteroatoms. The van der Waals surface area contributed by atoms with Gasteiger partial charge in [-0.15, -0.1) is 0 Å². The van der Waals surface area contributed by atoms with Gasteiger partial charge in [-0.25, -0.2) is 0 Å². The lowest BCUT2D eigenvalue weighted by Gasteiger charge is -2.40. The minimum atomic E-state index is -0.266. The molecule has 0 radical (unpaired) electrons. The largest absolute Gasteiger partial charge is 0.496 e. The van der Waals surface area contributed by atoms with Crippen LogP contribution in [0.5, 0.6) is 11.5 Å². The summed E-state index contributed by atoms with van der Waals surface area (Å²) < 4.78 is 11.4. The first kappa shape index (κ1) is 18.4. The van der Waals surface area contributed by atoms with Crippen molar-refractivity contribution in [2.24, 2.45) is 0 Å². The monoisotopic (exact) mass is 410 g/mol. The normalized spacial score (nSPS) is 19.3. The molecule has 1 aromatic heterocycles. The Balaban J connectivity index is 1.82. The van der Waals surface area contributed by atoms with Crippen LogP contribution in [0.15, 0.2) is 36.4 Å². The fourth-order valence-corrected chi connectivity index (χ4v) is 5.06. The van der Waals surface area contributed by atoms with Gasteiger partial charge in [-0.2, -0.15) is 0 Å². The number of aromatic amines is 1. The van der Waals surface area contributed by atoms with Crippen molar-refractivity contribution in [2.75, 3.05) is 20.8 Å². The number of benzene rings is 2. The van der Waals surface area contributed by atoms with E-state index in [2.05, 4.69) is 11.1 Å². The number of hydrogen-bond donors (Lipinski definition) is 1. The van der Waals surface area contributed by atoms with E-state index in [1.54, 1.807) is 27.2 Å². The number of nitrogens with one attached hydrogen (secondary N) is 1. The van der Waals surface area contributed by atoms with Crippen molar-refractivity contribution in [2.45, 2.75) is 31.2 Å². The van der Waals surface area contributed by atoms with Gasteiger partial charge in [-0.1, -0.05) is 23.7 Å². The highest BCUT2D eigenvalue weighted by atomic mass is 35.5. The maximum Gasteiger partial charge on any atom is 0.220 e. The smallest absolute Gasteiger partial charge is 0.220 e. The third kappa shape index (κ3) is 2.64. The highest BCUT2D eigenvalue weighted by molar-refractivity contribution is 6.30. The number of aromatic nitrogens is 1. The highest BCUT2D eigenvalue weighted by Crippen LogP contribution is 2.59. The summed E-state index contributed by atoms with van der Waals surface area (Å²) >= 11 is 6.21. The maximum atomic E-state index is 12.7. The molecule has 3 aromatic rings. The average molecular weight is 411 g/mol. The predicted molar refractivity (Wildman–Crippen MR) is 113 cm³/mol. The van der Waals surface area contributed by atoms with Crippen molar-refractivity contribution in [1.29, 1.82) is 0 Å². The third-order valence-electron chi connectivity index (χ3n) is 6.37. The second kappa shape index (κ2) is 6.42. The zero-order valence-electron chi connectivity index (χ0n) is 16.7. The van der Waals surface area contributed by atoms with Crippen LogP contribution in [0.2, 0.25) is 5.02 Å². The number of methoxy groups -OCH3 is 2. The molecular formula is C23H23ClN2O3. The van der Waals surface area contributed by atoms with Gasteiger partial charge in [0.1, 0.15) is 17.5 Å². The molecule has 1 atom stereocenters. The van der Waals surface area contributed by atoms with E-state index in [-0.39, 0.29) is 17.4 Å². The molecule has 5 nitrogen and oxygen atoms in total. The second-order valence-corrected chi connectivity index (χ2v) is 8.45. The zero-order chi connectivity index (χ0) is 20.3. The van der Waals surface area contributed by atoms with Crippen LogP contribution in [-0.2, 0) is 10.2 Å². The minimum absolute atomic E-state index is 0.00987. The zero-order valence-corrected chi connectivity index (χ0v) is 17.5. The van der Waals surface area contributed by atoms with Crippen LogP contribution in [0, 0.1) is 0 Å². The maximum absolute atomic E-state index is 12.7. The molecule has 1 saturated carbocycles. The molecule has 2 aromatic carbocycles. The van der Waals surface area contributed by atoms with Gasteiger partial charge in [-0.05, 0) is 42.7 Å². The van der Waals surface area contributed by atoms with Crippen LogP contribution < -0.4 is 9.47 Å². The molecule has 1 spiro atoms. The molecule has 0 bridgehead atoms. The predicted octanol–water partition coefficient (Wildman–Crippen LogP) is 4.82. The number of rotatable bonds is 3. The average Bonchev–Trinajstić information content (AvgIpc) is 3.36. The van der Waals surface area contributed by atoms with Gasteiger partial charge in [0.25, 0.3) is 0 Å². The van der Waals surface area contributed by atoms with E-state index in [1.165, 1.54) is 5.56 Å². The Morgan fingerprint density at radius 3 is 2.59 bits per heavy atom. The van der Waals surface area contributed by atoms with Gasteiger partial charge < -0.3 is 19.4 Å². The van der Waals surface area contributed by atoms with Crippen molar-refractivity contribution in [3.05, 3.63) is 58.2 Å². The molecule has 1 unspecified atom stereocenters. The van der Waals surface area contributed by atoms with Gasteiger partial charge in [0.2, 0.25) is 5.91 Å². The van der Waals surface area contributed by atoms with Crippen LogP contribution >= 0.6 is 11.6 Å². The topological polar surface area (TPSA) is 54.6 Å². The van der Waals surface area contributed by atoms with Crippen LogP contribution in [0.3, 0.4) is 0 Å². The number of H-pyrrole nitrogens is 1. The Labute approximate surface area is 174 Å². The van der Waals surface area contributed by atoms with E-state index in [0.29, 0.717) is 17.3 Å². The molecule has 2 heterocycles. The quantitative estimate of drug-likeness (QED) is 0.673. The molecule has 5 rings (SSSR count). The summed E-state index contributed by atoms with van der Waals surface area (Å²) in [6.07, 6.45) is 2.14. The van der Waals surface area contributed by atoms with E-state index >= 15 is 0 Å². The molecular weight excluding hydrogens is 388 g/mol. The van der Waals surface area contributed by atoms with Crippen LogP contribution in [-0.4, -0.2) is 36.6 Å². The SMILES string of the molecule is COc1cc(Cl)ccc1C1c2[nH]c3cccc(OC)c3c2C2(CC2)CN1C(C)=O. The molecule has 29 heavy (non-hydrogen) atoms. The summed E-state index contributed by atoms with van der Waals surface area (Å²) in [5, 5.41) is 1.73. The Kier molecular flexibility index (Phi) is 4.07. The lowest BCUT2D eigenvalue weighted by Crippen LogP contribution is -2.44. The van der Waals surface area contributed by atoms with Gasteiger partial charge in [0.15, 0.2) is 0 Å². The van der Waals surface area contributed by atoms with Gasteiger partial charge in [0, 0.05) is 46.1 Å². The second-order valence-electron chi connectivity index (χ2n) is 8.01. The number of halogens is 1. The molecule has 1 aliphatic heterocycles. The number of amides is 1. The van der Waals surface area contributed by atoms with Crippen molar-refractivity contribution < 1.29 is 14.3 Å². The summed E-state index contributed by atoms with van der Waals surface area (Å²) in [5.74, 6) is 1.59. The lowest BCUT2D eigenvalue weighted by molar-refractivity contribution is -0.131. The summed E-state index contributed by atoms with van der Waals surface area (Å²) in [7, 11) is 3.34. The number of carbonyl (C=O) groups is 1. The molecule has 1 amide bonds. The number of fused-ring (bicyclic) bond motifs is 4. The Morgan fingerprint density at radius 1 is 1.17 bits per heavy atom. The first-order valence-electron chi connectivity index (χ1n) is 9.79. The Hall–Kier alpha value is -2.66. The van der Waals surface area contributed by atoms with E-state index in [4.69, 9.17) is 21.1 Å². The fourth-order valence-electron chi connectivity index (χ4n) is 4.90. The summed E-state index contributed by atoms with van der Waals surface area (Å²) in [4.78, 5) is 18.3. The molecule has 1 aliphatic carbocycles. The minimum Gasteiger partial charge on any atom is -0.496 e. The van der Waals surface area contributed by atoms with Crippen molar-refractivity contribution in [1.82, 2.24) is 9.88 Å². The van der Waals surface area contributed by atoms with E-state index < -0.39 is 0 Å². The van der Waals surface area contributed by atoms with E-state index in [0.717, 1.165) is 40.8 Å². The van der Waals surface area contributed by atoms with Crippen LogP contribution in [0.4, 0.5) is 0 Å². The van der Waals surface area contributed by atoms with Crippen molar-refractivity contribution in [3.8, 4) is 11.5 Å². The third-order valence-corrected chi connectivity index (χ3v) is 6.61. The number of carbonyl (C=O) groups excluding carboxylic acids is 1. The first-order chi connectivity index (χ1) is 14.0. The standard InChI is InChI=1S/C23H23ClN2O3/c1-13(27)26-12-23(9-10-23)20-19-16(5-4-6-17(19)28-2)25-21(20)22(26)15-8-7-14(24)11-18(15)29-3/h4-8,11,22,25H,9-10,12H2,1-3H3. The number of hydrogen-bond acceptors (Lipinski definition) is 3.